The molecule has 0 aliphatic heterocycles. The number of halogens is 1. The zero-order valence-corrected chi connectivity index (χ0v) is 13.1. The van der Waals surface area contributed by atoms with Crippen molar-refractivity contribution in [3.63, 3.8) is 0 Å². The van der Waals surface area contributed by atoms with E-state index in [2.05, 4.69) is 21.9 Å². The van der Waals surface area contributed by atoms with Crippen LogP contribution in [0.3, 0.4) is 0 Å². The van der Waals surface area contributed by atoms with Gasteiger partial charge in [-0.3, -0.25) is 4.98 Å². The van der Waals surface area contributed by atoms with Gasteiger partial charge in [-0.2, -0.15) is 0 Å². The molecule has 1 aromatic heterocycles. The summed E-state index contributed by atoms with van der Waals surface area (Å²) in [6, 6.07) is 8.33. The summed E-state index contributed by atoms with van der Waals surface area (Å²) in [5.74, 6) is 0.142. The fraction of sp³-hybridized carbons (Fsp3) is 0. The highest BCUT2D eigenvalue weighted by molar-refractivity contribution is 7.99. The molecule has 0 aliphatic rings. The molecular formula is C16H16FN5S. The Morgan fingerprint density at radius 3 is 2.65 bits per heavy atom. The summed E-state index contributed by atoms with van der Waals surface area (Å²) < 4.78 is 14.1. The minimum atomic E-state index is -0.363. The minimum absolute atomic E-state index is 0.215. The lowest BCUT2D eigenvalue weighted by molar-refractivity contribution is 0.602. The van der Waals surface area contributed by atoms with Crippen LogP contribution < -0.4 is 16.8 Å². The standard InChI is InChI=1S/C16H16FN5S/c1-11(18)21-9-6-16(19)22-12-2-3-15(14(17)10-12)23-13-4-7-20-8-5-13/h2-10,21H,1,18H2,(H2,19,22). The maximum absolute atomic E-state index is 14.1. The number of nitrogens with zero attached hydrogens (tertiary/aromatic N) is 2. The smallest absolute Gasteiger partial charge is 0.139 e. The SMILES string of the molecule is C=C(N)NC=CC(N)=Nc1ccc(Sc2ccncc2)c(F)c1. The van der Waals surface area contributed by atoms with Crippen LogP contribution in [0.1, 0.15) is 0 Å². The van der Waals surface area contributed by atoms with Gasteiger partial charge in [0.15, 0.2) is 0 Å². The molecular weight excluding hydrogens is 313 g/mol. The largest absolute Gasteiger partial charge is 0.386 e. The zero-order valence-electron chi connectivity index (χ0n) is 12.2. The molecule has 0 radical (unpaired) electrons. The Bertz CT molecular complexity index is 743. The Hall–Kier alpha value is -2.80. The highest BCUT2D eigenvalue weighted by Crippen LogP contribution is 2.31. The summed E-state index contributed by atoms with van der Waals surface area (Å²) in [4.78, 5) is 9.44. The molecule has 0 spiro atoms. The van der Waals surface area contributed by atoms with Gasteiger partial charge in [-0.05, 0) is 30.3 Å². The lowest BCUT2D eigenvalue weighted by atomic mass is 10.3. The van der Waals surface area contributed by atoms with Crippen LogP contribution in [0.25, 0.3) is 0 Å². The van der Waals surface area contributed by atoms with Crippen molar-refractivity contribution in [3.05, 3.63) is 73.2 Å². The second-order valence-corrected chi connectivity index (χ2v) is 5.55. The molecule has 0 bridgehead atoms. The highest BCUT2D eigenvalue weighted by Gasteiger charge is 2.05. The molecule has 0 saturated carbocycles. The number of nitrogens with one attached hydrogen (secondary N) is 1. The van der Waals surface area contributed by atoms with E-state index < -0.39 is 0 Å². The Labute approximate surface area is 138 Å². The van der Waals surface area contributed by atoms with Gasteiger partial charge >= 0.3 is 0 Å². The molecule has 118 valence electrons. The summed E-state index contributed by atoms with van der Waals surface area (Å²) in [6.45, 7) is 3.47. The average molecular weight is 329 g/mol. The van der Waals surface area contributed by atoms with E-state index in [9.17, 15) is 4.39 Å². The second kappa shape index (κ2) is 8.00. The highest BCUT2D eigenvalue weighted by atomic mass is 32.2. The van der Waals surface area contributed by atoms with Crippen LogP contribution in [0, 0.1) is 5.82 Å². The van der Waals surface area contributed by atoms with E-state index in [1.54, 1.807) is 24.5 Å². The van der Waals surface area contributed by atoms with Gasteiger partial charge in [-0.1, -0.05) is 18.3 Å². The summed E-state index contributed by atoms with van der Waals surface area (Å²) in [6.07, 6.45) is 6.34. The third kappa shape index (κ3) is 5.48. The zero-order chi connectivity index (χ0) is 16.7. The maximum atomic E-state index is 14.1. The van der Waals surface area contributed by atoms with Crippen LogP contribution in [-0.2, 0) is 0 Å². The number of benzene rings is 1. The molecule has 23 heavy (non-hydrogen) atoms. The summed E-state index contributed by atoms with van der Waals surface area (Å²) in [5, 5.41) is 2.67. The number of rotatable bonds is 6. The van der Waals surface area contributed by atoms with Gasteiger partial charge in [-0.25, -0.2) is 9.38 Å². The second-order valence-electron chi connectivity index (χ2n) is 4.44. The third-order valence-corrected chi connectivity index (χ3v) is 3.63. The number of aliphatic imine (C=N–C) groups is 1. The minimum Gasteiger partial charge on any atom is -0.386 e. The van der Waals surface area contributed by atoms with Crippen molar-refractivity contribution >= 4 is 23.3 Å². The lowest BCUT2D eigenvalue weighted by Gasteiger charge is -2.04. The molecule has 0 fully saturated rings. The van der Waals surface area contributed by atoms with Crippen LogP contribution in [-0.4, -0.2) is 10.8 Å². The van der Waals surface area contributed by atoms with Gasteiger partial charge in [0.25, 0.3) is 0 Å². The molecule has 0 unspecified atom stereocenters. The Kier molecular flexibility index (Phi) is 5.76. The predicted molar refractivity (Wildman–Crippen MR) is 91.6 cm³/mol. The van der Waals surface area contributed by atoms with Crippen molar-refractivity contribution in [3.8, 4) is 0 Å². The van der Waals surface area contributed by atoms with Gasteiger partial charge in [0.05, 0.1) is 11.5 Å². The quantitative estimate of drug-likeness (QED) is 0.560. The van der Waals surface area contributed by atoms with Gasteiger partial charge < -0.3 is 16.8 Å². The van der Waals surface area contributed by atoms with Gasteiger partial charge in [0, 0.05) is 34.5 Å². The van der Waals surface area contributed by atoms with Gasteiger partial charge in [-0.15, -0.1) is 0 Å². The first kappa shape index (κ1) is 16.6. The molecule has 7 heteroatoms. The molecule has 5 N–H and O–H groups in total. The Morgan fingerprint density at radius 1 is 1.26 bits per heavy atom. The average Bonchev–Trinajstić information content (AvgIpc) is 2.50. The van der Waals surface area contributed by atoms with E-state index in [0.29, 0.717) is 10.6 Å². The predicted octanol–water partition coefficient (Wildman–Crippen LogP) is 2.89. The molecule has 1 heterocycles. The normalized spacial score (nSPS) is 11.6. The third-order valence-electron chi connectivity index (χ3n) is 2.57. The lowest BCUT2D eigenvalue weighted by Crippen LogP contribution is -2.14. The number of hydrogen-bond acceptors (Lipinski definition) is 5. The molecule has 0 aliphatic carbocycles. The van der Waals surface area contributed by atoms with Gasteiger partial charge in [0.2, 0.25) is 0 Å². The van der Waals surface area contributed by atoms with Crippen LogP contribution in [0.15, 0.2) is 82.2 Å². The molecule has 0 amide bonds. The fourth-order valence-electron chi connectivity index (χ4n) is 1.60. The monoisotopic (exact) mass is 329 g/mol. The maximum Gasteiger partial charge on any atom is 0.139 e. The Morgan fingerprint density at radius 2 is 2.00 bits per heavy atom. The van der Waals surface area contributed by atoms with Crippen LogP contribution in [0.5, 0.6) is 0 Å². The van der Waals surface area contributed by atoms with E-state index in [1.807, 2.05) is 12.1 Å². The van der Waals surface area contributed by atoms with Crippen molar-refractivity contribution in [1.29, 1.82) is 0 Å². The van der Waals surface area contributed by atoms with Crippen LogP contribution in [0.4, 0.5) is 10.1 Å². The molecule has 1 aromatic carbocycles. The molecule has 5 nitrogen and oxygen atoms in total. The molecule has 2 aromatic rings. The van der Waals surface area contributed by atoms with Crippen molar-refractivity contribution in [2.24, 2.45) is 16.5 Å². The first-order chi connectivity index (χ1) is 11.0. The molecule has 0 saturated heterocycles. The Balaban J connectivity index is 2.09. The van der Waals surface area contributed by atoms with E-state index in [4.69, 9.17) is 11.5 Å². The summed E-state index contributed by atoms with van der Waals surface area (Å²) >= 11 is 1.32. The summed E-state index contributed by atoms with van der Waals surface area (Å²) in [7, 11) is 0. The van der Waals surface area contributed by atoms with Gasteiger partial charge in [0.1, 0.15) is 11.7 Å². The van der Waals surface area contributed by atoms with E-state index in [1.165, 1.54) is 30.1 Å². The van der Waals surface area contributed by atoms with E-state index >= 15 is 0 Å². The van der Waals surface area contributed by atoms with Crippen LogP contribution >= 0.6 is 11.8 Å². The molecule has 2 rings (SSSR count). The van der Waals surface area contributed by atoms with Crippen molar-refractivity contribution in [2.75, 3.05) is 0 Å². The molecule has 0 atom stereocenters. The number of pyridine rings is 1. The van der Waals surface area contributed by atoms with Crippen molar-refractivity contribution in [2.45, 2.75) is 9.79 Å². The van der Waals surface area contributed by atoms with Crippen molar-refractivity contribution in [1.82, 2.24) is 10.3 Å². The fourth-order valence-corrected chi connectivity index (χ4v) is 2.40. The van der Waals surface area contributed by atoms with E-state index in [-0.39, 0.29) is 17.5 Å². The summed E-state index contributed by atoms with van der Waals surface area (Å²) in [5.41, 5.74) is 11.5. The van der Waals surface area contributed by atoms with Crippen molar-refractivity contribution < 1.29 is 4.39 Å². The first-order valence-electron chi connectivity index (χ1n) is 6.63. The number of nitrogens with two attached hydrogens (primary N) is 2. The number of hydrogen-bond donors (Lipinski definition) is 3. The topological polar surface area (TPSA) is 89.3 Å². The number of amidine groups is 1. The number of aromatic nitrogens is 1. The first-order valence-corrected chi connectivity index (χ1v) is 7.45. The van der Waals surface area contributed by atoms with E-state index in [0.717, 1.165) is 4.90 Å². The van der Waals surface area contributed by atoms with Crippen LogP contribution in [0.2, 0.25) is 0 Å².